The fourth-order valence-electron chi connectivity index (χ4n) is 3.09. The van der Waals surface area contributed by atoms with E-state index >= 15 is 0 Å². The first-order chi connectivity index (χ1) is 10.5. The molecule has 0 radical (unpaired) electrons. The van der Waals surface area contributed by atoms with Gasteiger partial charge in [-0.1, -0.05) is 6.42 Å². The van der Waals surface area contributed by atoms with E-state index in [4.69, 9.17) is 21.8 Å². The second kappa shape index (κ2) is 7.63. The van der Waals surface area contributed by atoms with E-state index in [0.717, 1.165) is 44.1 Å². The summed E-state index contributed by atoms with van der Waals surface area (Å²) in [7, 11) is 0. The summed E-state index contributed by atoms with van der Waals surface area (Å²) in [6.07, 6.45) is 7.20. The van der Waals surface area contributed by atoms with E-state index < -0.39 is 11.9 Å². The highest BCUT2D eigenvalue weighted by atomic mass is 35.5. The van der Waals surface area contributed by atoms with Crippen LogP contribution in [0, 0.1) is 5.92 Å². The van der Waals surface area contributed by atoms with E-state index in [-0.39, 0.29) is 11.1 Å². The topological polar surface area (TPSA) is 74.6 Å². The van der Waals surface area contributed by atoms with Crippen LogP contribution in [0.5, 0.6) is 0 Å². The van der Waals surface area contributed by atoms with Gasteiger partial charge in [0, 0.05) is 5.38 Å². The summed E-state index contributed by atoms with van der Waals surface area (Å²) in [6, 6.07) is 4.35. The lowest BCUT2D eigenvalue weighted by atomic mass is 9.85. The Morgan fingerprint density at radius 3 is 2.05 bits per heavy atom. The lowest BCUT2D eigenvalue weighted by Crippen LogP contribution is -2.14. The zero-order valence-electron chi connectivity index (χ0n) is 12.4. The lowest BCUT2D eigenvalue weighted by Gasteiger charge is -2.24. The molecule has 2 rings (SSSR count). The maximum absolute atomic E-state index is 11.1. The minimum absolute atomic E-state index is 0.0394. The molecule has 1 aromatic rings. The Morgan fingerprint density at radius 2 is 1.55 bits per heavy atom. The van der Waals surface area contributed by atoms with Gasteiger partial charge >= 0.3 is 11.9 Å². The van der Waals surface area contributed by atoms with Gasteiger partial charge in [0.1, 0.15) is 0 Å². The molecule has 1 saturated carbocycles. The minimum Gasteiger partial charge on any atom is -0.478 e. The number of carboxylic acids is 2. The Hall–Kier alpha value is -1.55. The van der Waals surface area contributed by atoms with Gasteiger partial charge in [-0.05, 0) is 68.2 Å². The molecule has 0 saturated heterocycles. The smallest absolute Gasteiger partial charge is 0.335 e. The van der Waals surface area contributed by atoms with Crippen LogP contribution in [-0.4, -0.2) is 27.5 Å². The summed E-state index contributed by atoms with van der Waals surface area (Å²) in [6.45, 7) is 0. The van der Waals surface area contributed by atoms with Crippen LogP contribution in [0.4, 0.5) is 0 Å². The molecule has 0 aliphatic heterocycles. The second-order valence-corrected chi connectivity index (χ2v) is 6.66. The Balaban J connectivity index is 1.94. The van der Waals surface area contributed by atoms with Gasteiger partial charge in [0.05, 0.1) is 11.1 Å². The second-order valence-electron chi connectivity index (χ2n) is 6.04. The summed E-state index contributed by atoms with van der Waals surface area (Å²) >= 11 is 6.09. The van der Waals surface area contributed by atoms with Crippen LogP contribution in [0.25, 0.3) is 0 Å². The van der Waals surface area contributed by atoms with Crippen LogP contribution in [0.15, 0.2) is 18.2 Å². The van der Waals surface area contributed by atoms with Gasteiger partial charge in [0.25, 0.3) is 0 Å². The third kappa shape index (κ3) is 4.73. The number of halogens is 1. The van der Waals surface area contributed by atoms with Crippen LogP contribution in [0.3, 0.4) is 0 Å². The summed E-state index contributed by atoms with van der Waals surface area (Å²) in [4.78, 5) is 22.1. The zero-order chi connectivity index (χ0) is 16.1. The molecule has 4 nitrogen and oxygen atoms in total. The molecule has 0 aromatic heterocycles. The van der Waals surface area contributed by atoms with Crippen molar-refractivity contribution in [3.63, 3.8) is 0 Å². The first kappa shape index (κ1) is 16.8. The molecule has 22 heavy (non-hydrogen) atoms. The largest absolute Gasteiger partial charge is 0.478 e. The van der Waals surface area contributed by atoms with Crippen LogP contribution in [0.1, 0.15) is 64.8 Å². The molecule has 5 heteroatoms. The van der Waals surface area contributed by atoms with Gasteiger partial charge in [0.2, 0.25) is 0 Å². The molecule has 0 atom stereocenters. The number of hydrogen-bond donors (Lipinski definition) is 2. The molecule has 0 spiro atoms. The minimum atomic E-state index is -1.09. The average Bonchev–Trinajstić information content (AvgIpc) is 2.49. The fraction of sp³-hybridized carbons (Fsp3) is 0.529. The van der Waals surface area contributed by atoms with Crippen molar-refractivity contribution in [2.75, 3.05) is 0 Å². The van der Waals surface area contributed by atoms with E-state index in [1.807, 2.05) is 0 Å². The van der Waals surface area contributed by atoms with Crippen molar-refractivity contribution in [1.29, 1.82) is 0 Å². The van der Waals surface area contributed by atoms with E-state index in [1.165, 1.54) is 6.07 Å². The molecule has 2 N–H and O–H groups in total. The third-order valence-electron chi connectivity index (χ3n) is 4.34. The Bertz CT molecular complexity index is 515. The van der Waals surface area contributed by atoms with Gasteiger partial charge in [-0.2, -0.15) is 0 Å². The summed E-state index contributed by atoms with van der Waals surface area (Å²) in [5, 5.41) is 18.4. The predicted octanol–water partition coefficient (Wildman–Crippen LogP) is 4.20. The number of hydrogen-bond acceptors (Lipinski definition) is 2. The van der Waals surface area contributed by atoms with E-state index in [1.54, 1.807) is 12.1 Å². The third-order valence-corrected chi connectivity index (χ3v) is 4.78. The molecular weight excluding hydrogens is 304 g/mol. The zero-order valence-corrected chi connectivity index (χ0v) is 13.2. The number of aromatic carboxylic acids is 2. The van der Waals surface area contributed by atoms with Gasteiger partial charge in [-0.15, -0.1) is 11.6 Å². The number of carboxylic acid groups (broad SMARTS) is 2. The van der Waals surface area contributed by atoms with Crippen molar-refractivity contribution >= 4 is 23.5 Å². The molecule has 1 fully saturated rings. The van der Waals surface area contributed by atoms with Crippen molar-refractivity contribution in [2.45, 2.75) is 50.3 Å². The molecule has 120 valence electrons. The van der Waals surface area contributed by atoms with Crippen molar-refractivity contribution in [2.24, 2.45) is 5.92 Å². The fourth-order valence-corrected chi connectivity index (χ4v) is 3.34. The van der Waals surface area contributed by atoms with E-state index in [2.05, 4.69) is 0 Å². The molecule has 0 unspecified atom stereocenters. The van der Waals surface area contributed by atoms with Gasteiger partial charge in [0.15, 0.2) is 0 Å². The van der Waals surface area contributed by atoms with Gasteiger partial charge in [-0.3, -0.25) is 0 Å². The summed E-state index contributed by atoms with van der Waals surface area (Å²) in [5.41, 5.74) is 0.860. The maximum Gasteiger partial charge on any atom is 0.335 e. The van der Waals surface area contributed by atoms with Gasteiger partial charge < -0.3 is 10.2 Å². The highest BCUT2D eigenvalue weighted by Gasteiger charge is 2.19. The number of aryl methyl sites for hydroxylation is 1. The first-order valence-corrected chi connectivity index (χ1v) is 8.14. The summed E-state index contributed by atoms with van der Waals surface area (Å²) < 4.78 is 0. The highest BCUT2D eigenvalue weighted by Crippen LogP contribution is 2.30. The Labute approximate surface area is 135 Å². The standard InChI is InChI=1S/C17H21ClO4/c18-15-6-4-11(5-7-15)2-1-3-12-8-13(16(19)20)10-14(9-12)17(21)22/h8-11,15H,1-7H2,(H,19,20)(H,21,22). The van der Waals surface area contributed by atoms with Crippen LogP contribution in [0.2, 0.25) is 0 Å². The summed E-state index contributed by atoms with van der Waals surface area (Å²) in [5.74, 6) is -1.49. The number of carbonyl (C=O) groups is 2. The van der Waals surface area contributed by atoms with E-state index in [9.17, 15) is 9.59 Å². The molecule has 0 amide bonds. The normalized spacial score (nSPS) is 21.5. The van der Waals surface area contributed by atoms with Crippen molar-refractivity contribution in [1.82, 2.24) is 0 Å². The molecule has 1 aliphatic rings. The number of rotatable bonds is 6. The van der Waals surface area contributed by atoms with Crippen molar-refractivity contribution < 1.29 is 19.8 Å². The number of alkyl halides is 1. The van der Waals surface area contributed by atoms with Crippen LogP contribution >= 0.6 is 11.6 Å². The number of benzene rings is 1. The van der Waals surface area contributed by atoms with Crippen LogP contribution in [-0.2, 0) is 6.42 Å². The SMILES string of the molecule is O=C(O)c1cc(CCCC2CCC(Cl)CC2)cc(C(=O)O)c1. The average molecular weight is 325 g/mol. The molecule has 0 bridgehead atoms. The first-order valence-electron chi connectivity index (χ1n) is 7.70. The molecule has 1 aromatic carbocycles. The monoisotopic (exact) mass is 324 g/mol. The van der Waals surface area contributed by atoms with E-state index in [0.29, 0.717) is 17.7 Å². The molecular formula is C17H21ClO4. The Morgan fingerprint density at radius 1 is 1.00 bits per heavy atom. The lowest BCUT2D eigenvalue weighted by molar-refractivity contribution is 0.0696. The Kier molecular flexibility index (Phi) is 5.83. The molecule has 0 heterocycles. The predicted molar refractivity (Wildman–Crippen MR) is 84.9 cm³/mol. The van der Waals surface area contributed by atoms with Crippen LogP contribution < -0.4 is 0 Å². The quantitative estimate of drug-likeness (QED) is 0.769. The highest BCUT2D eigenvalue weighted by molar-refractivity contribution is 6.20. The molecule has 1 aliphatic carbocycles. The van der Waals surface area contributed by atoms with Gasteiger partial charge in [-0.25, -0.2) is 9.59 Å². The van der Waals surface area contributed by atoms with Crippen molar-refractivity contribution in [3.8, 4) is 0 Å². The maximum atomic E-state index is 11.1. The van der Waals surface area contributed by atoms with Crippen molar-refractivity contribution in [3.05, 3.63) is 34.9 Å².